The summed E-state index contributed by atoms with van der Waals surface area (Å²) in [6.45, 7) is 3.71. The lowest BCUT2D eigenvalue weighted by Gasteiger charge is -2.36. The zero-order chi connectivity index (χ0) is 17.6. The first-order valence-electron chi connectivity index (χ1n) is 9.23. The summed E-state index contributed by atoms with van der Waals surface area (Å²) in [6.07, 6.45) is 5.27. The molecule has 2 bridgehead atoms. The molecular weight excluding hydrogens is 336 g/mol. The molecular formula is C19H24N2O3S. The van der Waals surface area contributed by atoms with Crippen LogP contribution in [0.3, 0.4) is 0 Å². The Morgan fingerprint density at radius 1 is 1.00 bits per heavy atom. The molecule has 1 aromatic rings. The summed E-state index contributed by atoms with van der Waals surface area (Å²) in [5.41, 5.74) is 0. The number of hydrogen-bond acceptors (Lipinski definition) is 4. The van der Waals surface area contributed by atoms with Gasteiger partial charge in [0, 0.05) is 31.6 Å². The molecule has 25 heavy (non-hydrogen) atoms. The molecule has 3 aliphatic heterocycles. The van der Waals surface area contributed by atoms with Crippen LogP contribution in [0.2, 0.25) is 0 Å². The van der Waals surface area contributed by atoms with Crippen molar-refractivity contribution in [2.75, 3.05) is 19.6 Å². The van der Waals surface area contributed by atoms with E-state index in [1.807, 2.05) is 9.80 Å². The number of rotatable bonds is 3. The molecule has 0 unspecified atom stereocenters. The van der Waals surface area contributed by atoms with Gasteiger partial charge in [-0.3, -0.25) is 14.4 Å². The van der Waals surface area contributed by atoms with Crippen LogP contribution < -0.4 is 0 Å². The Morgan fingerprint density at radius 3 is 2.40 bits per heavy atom. The molecule has 2 atom stereocenters. The summed E-state index contributed by atoms with van der Waals surface area (Å²) >= 11 is 1.28. The minimum absolute atomic E-state index is 0.00120. The minimum atomic E-state index is -0.00120. The number of ketones is 1. The maximum absolute atomic E-state index is 13.0. The van der Waals surface area contributed by atoms with Gasteiger partial charge in [0.15, 0.2) is 5.78 Å². The first-order chi connectivity index (χ1) is 12.0. The molecule has 0 N–H and O–H groups in total. The van der Waals surface area contributed by atoms with Gasteiger partial charge in [-0.1, -0.05) is 6.42 Å². The largest absolute Gasteiger partial charge is 0.340 e. The summed E-state index contributed by atoms with van der Waals surface area (Å²) in [4.78, 5) is 42.4. The highest BCUT2D eigenvalue weighted by Gasteiger charge is 2.41. The predicted molar refractivity (Wildman–Crippen MR) is 95.8 cm³/mol. The molecule has 0 radical (unpaired) electrons. The predicted octanol–water partition coefficient (Wildman–Crippen LogP) is 2.81. The lowest BCUT2D eigenvalue weighted by atomic mass is 9.84. The van der Waals surface area contributed by atoms with E-state index in [0.29, 0.717) is 28.1 Å². The van der Waals surface area contributed by atoms with Crippen molar-refractivity contribution in [3.63, 3.8) is 0 Å². The van der Waals surface area contributed by atoms with Gasteiger partial charge in [-0.2, -0.15) is 0 Å². The average Bonchev–Trinajstić information content (AvgIpc) is 2.86. The molecule has 0 spiro atoms. The normalized spacial score (nSPS) is 26.3. The van der Waals surface area contributed by atoms with Gasteiger partial charge in [0.2, 0.25) is 5.91 Å². The summed E-state index contributed by atoms with van der Waals surface area (Å²) in [5, 5.41) is 0. The molecule has 134 valence electrons. The minimum Gasteiger partial charge on any atom is -0.340 e. The van der Waals surface area contributed by atoms with E-state index >= 15 is 0 Å². The SMILES string of the molecule is CC(=O)c1ccc(C(=O)N2C[C@H]3CC[C@@H]2CN(C(=O)C2CCC2)C3)s1. The molecule has 6 heteroatoms. The van der Waals surface area contributed by atoms with Crippen molar-refractivity contribution < 1.29 is 14.4 Å². The lowest BCUT2D eigenvalue weighted by Crippen LogP contribution is -2.48. The van der Waals surface area contributed by atoms with Gasteiger partial charge >= 0.3 is 0 Å². The smallest absolute Gasteiger partial charge is 0.264 e. The number of nitrogens with zero attached hydrogens (tertiary/aromatic N) is 2. The molecule has 2 amide bonds. The lowest BCUT2D eigenvalue weighted by molar-refractivity contribution is -0.138. The third kappa shape index (κ3) is 3.12. The van der Waals surface area contributed by atoms with E-state index in [2.05, 4.69) is 0 Å². The van der Waals surface area contributed by atoms with Crippen LogP contribution in [0.25, 0.3) is 0 Å². The second-order valence-corrected chi connectivity index (χ2v) is 8.73. The number of carbonyl (C=O) groups is 3. The number of Topliss-reactive ketones (excluding diaryl/α,β-unsaturated/α-hetero) is 1. The second-order valence-electron chi connectivity index (χ2n) is 7.65. The molecule has 4 fully saturated rings. The Labute approximate surface area is 152 Å². The quantitative estimate of drug-likeness (QED) is 0.779. The zero-order valence-electron chi connectivity index (χ0n) is 14.6. The van der Waals surface area contributed by atoms with Crippen molar-refractivity contribution in [2.45, 2.75) is 45.1 Å². The Morgan fingerprint density at radius 2 is 1.76 bits per heavy atom. The van der Waals surface area contributed by atoms with Crippen molar-refractivity contribution >= 4 is 28.9 Å². The number of thiophene rings is 1. The molecule has 0 aromatic carbocycles. The van der Waals surface area contributed by atoms with Gasteiger partial charge < -0.3 is 9.80 Å². The number of amides is 2. The van der Waals surface area contributed by atoms with E-state index in [4.69, 9.17) is 0 Å². The fourth-order valence-corrected chi connectivity index (χ4v) is 5.06. The highest BCUT2D eigenvalue weighted by atomic mass is 32.1. The highest BCUT2D eigenvalue weighted by molar-refractivity contribution is 7.15. The van der Waals surface area contributed by atoms with E-state index in [0.717, 1.165) is 38.8 Å². The van der Waals surface area contributed by atoms with Crippen LogP contribution in [-0.2, 0) is 4.79 Å². The Hall–Kier alpha value is -1.69. The molecule has 3 saturated heterocycles. The highest BCUT2D eigenvalue weighted by Crippen LogP contribution is 2.34. The van der Waals surface area contributed by atoms with Crippen LogP contribution in [0, 0.1) is 11.8 Å². The molecule has 5 rings (SSSR count). The first kappa shape index (κ1) is 16.8. The van der Waals surface area contributed by atoms with Crippen LogP contribution in [-0.4, -0.2) is 53.1 Å². The molecule has 1 aliphatic carbocycles. The maximum atomic E-state index is 13.0. The van der Waals surface area contributed by atoms with Crippen molar-refractivity contribution in [2.24, 2.45) is 11.8 Å². The molecule has 5 nitrogen and oxygen atoms in total. The van der Waals surface area contributed by atoms with Gasteiger partial charge in [-0.25, -0.2) is 0 Å². The van der Waals surface area contributed by atoms with Gasteiger partial charge in [0.1, 0.15) is 0 Å². The summed E-state index contributed by atoms with van der Waals surface area (Å²) < 4.78 is 0. The van der Waals surface area contributed by atoms with Gasteiger partial charge in [0.25, 0.3) is 5.91 Å². The third-order valence-corrected chi connectivity index (χ3v) is 7.08. The summed E-state index contributed by atoms with van der Waals surface area (Å²) in [5.74, 6) is 0.910. The van der Waals surface area contributed by atoms with E-state index < -0.39 is 0 Å². The van der Waals surface area contributed by atoms with E-state index in [-0.39, 0.29) is 23.7 Å². The fraction of sp³-hybridized carbons (Fsp3) is 0.632. The van der Waals surface area contributed by atoms with Crippen molar-refractivity contribution in [3.8, 4) is 0 Å². The average molecular weight is 360 g/mol. The maximum Gasteiger partial charge on any atom is 0.264 e. The van der Waals surface area contributed by atoms with Crippen molar-refractivity contribution in [3.05, 3.63) is 21.9 Å². The van der Waals surface area contributed by atoms with E-state index in [1.165, 1.54) is 24.7 Å². The Bertz CT molecular complexity index is 709. The van der Waals surface area contributed by atoms with Crippen LogP contribution >= 0.6 is 11.3 Å². The van der Waals surface area contributed by atoms with Gasteiger partial charge in [-0.15, -0.1) is 11.3 Å². The van der Waals surface area contributed by atoms with Gasteiger partial charge in [-0.05, 0) is 50.7 Å². The standard InChI is InChI=1S/C19H24N2O3S/c1-12(22)16-7-8-17(25-16)19(24)21-10-13-5-6-15(21)11-20(9-13)18(23)14-3-2-4-14/h7-8,13-15H,2-6,9-11H2,1H3/t13-,15+/m0/s1. The van der Waals surface area contributed by atoms with Crippen LogP contribution in [0.5, 0.6) is 0 Å². The van der Waals surface area contributed by atoms with Gasteiger partial charge in [0.05, 0.1) is 9.75 Å². The number of carbonyl (C=O) groups excluding carboxylic acids is 3. The zero-order valence-corrected chi connectivity index (χ0v) is 15.4. The van der Waals surface area contributed by atoms with Crippen LogP contribution in [0.1, 0.15) is 58.4 Å². The fourth-order valence-electron chi connectivity index (χ4n) is 4.21. The Kier molecular flexibility index (Phi) is 4.40. The number of fused-ring (bicyclic) bond motifs is 4. The Balaban J connectivity index is 1.50. The molecule has 4 aliphatic rings. The summed E-state index contributed by atoms with van der Waals surface area (Å²) in [7, 11) is 0. The number of piperidine rings is 1. The third-order valence-electron chi connectivity index (χ3n) is 5.90. The van der Waals surface area contributed by atoms with Crippen LogP contribution in [0.15, 0.2) is 12.1 Å². The topological polar surface area (TPSA) is 57.7 Å². The molecule has 1 saturated carbocycles. The second kappa shape index (κ2) is 6.56. The van der Waals surface area contributed by atoms with Crippen molar-refractivity contribution in [1.82, 2.24) is 9.80 Å². The van der Waals surface area contributed by atoms with Crippen molar-refractivity contribution in [1.29, 1.82) is 0 Å². The molecule has 4 heterocycles. The van der Waals surface area contributed by atoms with E-state index in [1.54, 1.807) is 12.1 Å². The molecule has 1 aromatic heterocycles. The van der Waals surface area contributed by atoms with Crippen LogP contribution in [0.4, 0.5) is 0 Å². The summed E-state index contributed by atoms with van der Waals surface area (Å²) in [6, 6.07) is 3.61. The number of hydrogen-bond donors (Lipinski definition) is 0. The monoisotopic (exact) mass is 360 g/mol. The first-order valence-corrected chi connectivity index (χ1v) is 10.0. The van der Waals surface area contributed by atoms with E-state index in [9.17, 15) is 14.4 Å².